The molecule has 3 heteroatoms. The average Bonchev–Trinajstić information content (AvgIpc) is 2.14. The minimum absolute atomic E-state index is 0.144. The zero-order chi connectivity index (χ0) is 7.72. The van der Waals surface area contributed by atoms with Crippen LogP contribution in [0.25, 0.3) is 0 Å². The zero-order valence-electron chi connectivity index (χ0n) is 5.74. The molecule has 2 N–H and O–H groups in total. The third kappa shape index (κ3) is 1.10. The molecule has 0 saturated heterocycles. The third-order valence-corrected chi connectivity index (χ3v) is 1.76. The molecule has 1 aliphatic rings. The molecular formula is C7H10O3. The number of hydrogen-bond donors (Lipinski definition) is 2. The summed E-state index contributed by atoms with van der Waals surface area (Å²) in [7, 11) is 0. The summed E-state index contributed by atoms with van der Waals surface area (Å²) in [4.78, 5) is 11.0. The van der Waals surface area contributed by atoms with Gasteiger partial charge in [-0.25, -0.2) is 0 Å². The molecule has 0 bridgehead atoms. The van der Waals surface area contributed by atoms with Crippen molar-refractivity contribution in [2.75, 3.05) is 0 Å². The molecule has 0 spiro atoms. The number of carbonyl (C=O) groups excluding carboxylic acids is 1. The molecule has 0 amide bonds. The monoisotopic (exact) mass is 142 g/mol. The van der Waals surface area contributed by atoms with Crippen molar-refractivity contribution in [2.45, 2.75) is 19.6 Å². The van der Waals surface area contributed by atoms with Crippen molar-refractivity contribution in [3.05, 3.63) is 11.6 Å². The molecule has 0 aromatic carbocycles. The molecule has 0 aliphatic heterocycles. The fourth-order valence-electron chi connectivity index (χ4n) is 1.06. The second-order valence-corrected chi connectivity index (χ2v) is 2.51. The predicted octanol–water partition coefficient (Wildman–Crippen LogP) is -0.168. The number of hydrogen-bond acceptors (Lipinski definition) is 3. The molecule has 0 fully saturated rings. The zero-order valence-corrected chi connectivity index (χ0v) is 5.74. The number of aliphatic hydroxyl groups excluding tert-OH is 1. The van der Waals surface area contributed by atoms with Crippen LogP contribution in [0.1, 0.15) is 13.3 Å². The largest absolute Gasteiger partial charge is 0.367 e. The lowest BCUT2D eigenvalue weighted by molar-refractivity contribution is -0.134. The third-order valence-electron chi connectivity index (χ3n) is 1.76. The van der Waals surface area contributed by atoms with E-state index in [2.05, 4.69) is 0 Å². The lowest BCUT2D eigenvalue weighted by atomic mass is 10.0. The van der Waals surface area contributed by atoms with Crippen LogP contribution in [0.5, 0.6) is 0 Å². The van der Waals surface area contributed by atoms with Crippen LogP contribution < -0.4 is 0 Å². The summed E-state index contributed by atoms with van der Waals surface area (Å²) in [5.41, 5.74) is 0.637. The van der Waals surface area contributed by atoms with Gasteiger partial charge in [-0.2, -0.15) is 0 Å². The number of aliphatic hydroxyl groups is 2. The Balaban J connectivity index is 2.65. The Morgan fingerprint density at radius 2 is 2.30 bits per heavy atom. The number of carbonyl (C=O) groups is 1. The van der Waals surface area contributed by atoms with Crippen molar-refractivity contribution in [3.8, 4) is 0 Å². The summed E-state index contributed by atoms with van der Waals surface area (Å²) in [5, 5.41) is 17.3. The van der Waals surface area contributed by atoms with Crippen molar-refractivity contribution in [2.24, 2.45) is 5.92 Å². The van der Waals surface area contributed by atoms with Gasteiger partial charge >= 0.3 is 0 Å². The Hall–Kier alpha value is -0.670. The van der Waals surface area contributed by atoms with Gasteiger partial charge in [0.15, 0.2) is 12.1 Å². The molecule has 1 aliphatic carbocycles. The molecule has 0 heterocycles. The van der Waals surface area contributed by atoms with Gasteiger partial charge in [0.1, 0.15) is 0 Å². The first-order valence-electron chi connectivity index (χ1n) is 3.20. The molecule has 10 heavy (non-hydrogen) atoms. The molecule has 1 atom stereocenters. The number of allylic oxidation sites excluding steroid dienone is 2. The Kier molecular flexibility index (Phi) is 1.87. The van der Waals surface area contributed by atoms with Crippen molar-refractivity contribution in [1.29, 1.82) is 0 Å². The Labute approximate surface area is 59.0 Å². The van der Waals surface area contributed by atoms with Crippen molar-refractivity contribution in [1.82, 2.24) is 0 Å². The summed E-state index contributed by atoms with van der Waals surface area (Å²) in [5.74, 6) is -0.755. The maximum Gasteiger partial charge on any atom is 0.166 e. The number of ketones is 1. The summed E-state index contributed by atoms with van der Waals surface area (Å²) < 4.78 is 0. The van der Waals surface area contributed by atoms with E-state index in [9.17, 15) is 4.79 Å². The molecule has 3 nitrogen and oxygen atoms in total. The van der Waals surface area contributed by atoms with Gasteiger partial charge in [-0.15, -0.1) is 0 Å². The van der Waals surface area contributed by atoms with Gasteiger partial charge in [-0.05, 0) is 18.9 Å². The van der Waals surface area contributed by atoms with Gasteiger partial charge < -0.3 is 10.2 Å². The van der Waals surface area contributed by atoms with E-state index in [1.165, 1.54) is 0 Å². The molecule has 1 unspecified atom stereocenters. The number of rotatable bonds is 1. The van der Waals surface area contributed by atoms with E-state index in [0.717, 1.165) is 0 Å². The highest BCUT2D eigenvalue weighted by atomic mass is 16.5. The van der Waals surface area contributed by atoms with E-state index in [1.54, 1.807) is 13.0 Å². The van der Waals surface area contributed by atoms with E-state index < -0.39 is 12.2 Å². The van der Waals surface area contributed by atoms with E-state index in [1.807, 2.05) is 0 Å². The van der Waals surface area contributed by atoms with E-state index in [4.69, 9.17) is 10.2 Å². The molecule has 56 valence electrons. The van der Waals surface area contributed by atoms with Crippen LogP contribution >= 0.6 is 0 Å². The first-order valence-corrected chi connectivity index (χ1v) is 3.20. The van der Waals surface area contributed by atoms with E-state index in [-0.39, 0.29) is 5.78 Å². The molecule has 0 radical (unpaired) electrons. The summed E-state index contributed by atoms with van der Waals surface area (Å²) >= 11 is 0. The van der Waals surface area contributed by atoms with Gasteiger partial charge in [-0.1, -0.05) is 6.08 Å². The van der Waals surface area contributed by atoms with Gasteiger partial charge in [0.25, 0.3) is 0 Å². The Morgan fingerprint density at radius 1 is 1.70 bits per heavy atom. The average molecular weight is 142 g/mol. The molecular weight excluding hydrogens is 132 g/mol. The maximum atomic E-state index is 11.0. The fraction of sp³-hybridized carbons (Fsp3) is 0.571. The second kappa shape index (κ2) is 2.52. The first-order chi connectivity index (χ1) is 4.63. The van der Waals surface area contributed by atoms with Crippen LogP contribution in [-0.4, -0.2) is 22.3 Å². The van der Waals surface area contributed by atoms with Crippen LogP contribution in [-0.2, 0) is 4.79 Å². The minimum Gasteiger partial charge on any atom is -0.367 e. The van der Waals surface area contributed by atoms with Gasteiger partial charge in [-0.3, -0.25) is 4.79 Å². The lowest BCUT2D eigenvalue weighted by Crippen LogP contribution is -2.24. The fourth-order valence-corrected chi connectivity index (χ4v) is 1.06. The smallest absolute Gasteiger partial charge is 0.166 e. The summed E-state index contributed by atoms with van der Waals surface area (Å²) in [6.07, 6.45) is 0.690. The predicted molar refractivity (Wildman–Crippen MR) is 35.1 cm³/mol. The minimum atomic E-state index is -1.50. The van der Waals surface area contributed by atoms with Crippen molar-refractivity contribution >= 4 is 5.78 Å². The topological polar surface area (TPSA) is 57.5 Å². The van der Waals surface area contributed by atoms with E-state index >= 15 is 0 Å². The van der Waals surface area contributed by atoms with E-state index in [0.29, 0.717) is 12.0 Å². The normalized spacial score (nSPS) is 25.8. The van der Waals surface area contributed by atoms with Crippen LogP contribution in [0.2, 0.25) is 0 Å². The van der Waals surface area contributed by atoms with Gasteiger partial charge in [0.05, 0.1) is 5.92 Å². The number of Topliss-reactive ketones (excluding diaryl/α,β-unsaturated/α-hetero) is 1. The Morgan fingerprint density at radius 3 is 2.50 bits per heavy atom. The highest BCUT2D eigenvalue weighted by molar-refractivity contribution is 5.99. The highest BCUT2D eigenvalue weighted by Crippen LogP contribution is 2.22. The second-order valence-electron chi connectivity index (χ2n) is 2.51. The Bertz CT molecular complexity index is 181. The summed E-state index contributed by atoms with van der Waals surface area (Å²) in [6, 6.07) is 0. The maximum absolute atomic E-state index is 11.0. The van der Waals surface area contributed by atoms with Crippen LogP contribution in [0.15, 0.2) is 11.6 Å². The van der Waals surface area contributed by atoms with Crippen molar-refractivity contribution < 1.29 is 15.0 Å². The van der Waals surface area contributed by atoms with Gasteiger partial charge in [0.2, 0.25) is 0 Å². The van der Waals surface area contributed by atoms with Crippen LogP contribution in [0.4, 0.5) is 0 Å². The summed E-state index contributed by atoms with van der Waals surface area (Å²) in [6.45, 7) is 1.69. The highest BCUT2D eigenvalue weighted by Gasteiger charge is 2.29. The SMILES string of the molecule is CC1=CCC(C(O)O)C1=O. The van der Waals surface area contributed by atoms with Gasteiger partial charge in [0, 0.05) is 0 Å². The quantitative estimate of drug-likeness (QED) is 0.500. The molecule has 0 aromatic rings. The molecule has 1 rings (SSSR count). The van der Waals surface area contributed by atoms with Crippen molar-refractivity contribution in [3.63, 3.8) is 0 Å². The molecule has 0 saturated carbocycles. The standard InChI is InChI=1S/C7H10O3/c1-4-2-3-5(6(4)8)7(9)10/h2,5,7,9-10H,3H2,1H3. The van der Waals surface area contributed by atoms with Crippen LogP contribution in [0.3, 0.4) is 0 Å². The molecule has 0 aromatic heterocycles. The van der Waals surface area contributed by atoms with Crippen LogP contribution in [0, 0.1) is 5.92 Å². The lowest BCUT2D eigenvalue weighted by Gasteiger charge is -2.09. The first kappa shape index (κ1) is 7.44.